The molecule has 0 aromatic carbocycles. The maximum atomic E-state index is 12.6. The van der Waals surface area contributed by atoms with Crippen LogP contribution in [0.1, 0.15) is 46.4 Å². The standard InChI is InChI=1S/C14H26N2O3S/c1-6-15(8-11(2)3)20(18,19)14-7-13(10-17)16(9-14)12(4)5/h7,9,11-12,17H,6,8,10H2,1-5H3. The highest BCUT2D eigenvalue weighted by atomic mass is 32.2. The molecule has 0 saturated heterocycles. The number of hydrogen-bond donors (Lipinski definition) is 1. The van der Waals surface area contributed by atoms with Gasteiger partial charge in [0.1, 0.15) is 4.90 Å². The second-order valence-electron chi connectivity index (χ2n) is 5.68. The molecule has 0 unspecified atom stereocenters. The van der Waals surface area contributed by atoms with Crippen molar-refractivity contribution in [2.75, 3.05) is 13.1 Å². The first-order chi connectivity index (χ1) is 9.23. The van der Waals surface area contributed by atoms with Gasteiger partial charge in [0.05, 0.1) is 6.61 Å². The number of aromatic nitrogens is 1. The molecule has 116 valence electrons. The van der Waals surface area contributed by atoms with Crippen molar-refractivity contribution in [2.45, 2.75) is 52.2 Å². The predicted octanol–water partition coefficient (Wildman–Crippen LogP) is 2.23. The molecule has 6 heteroatoms. The number of nitrogens with zero attached hydrogens (tertiary/aromatic N) is 2. The lowest BCUT2D eigenvalue weighted by molar-refractivity contribution is 0.268. The molecular weight excluding hydrogens is 276 g/mol. The van der Waals surface area contributed by atoms with Gasteiger partial charge >= 0.3 is 0 Å². The van der Waals surface area contributed by atoms with Gasteiger partial charge in [-0.25, -0.2) is 8.42 Å². The molecule has 5 nitrogen and oxygen atoms in total. The second kappa shape index (κ2) is 6.74. The summed E-state index contributed by atoms with van der Waals surface area (Å²) in [6.45, 7) is 10.5. The highest BCUT2D eigenvalue weighted by Gasteiger charge is 2.26. The molecule has 1 aromatic rings. The van der Waals surface area contributed by atoms with Crippen LogP contribution in [0.2, 0.25) is 0 Å². The average Bonchev–Trinajstić information content (AvgIpc) is 2.80. The van der Waals surface area contributed by atoms with Crippen LogP contribution in [0.25, 0.3) is 0 Å². The van der Waals surface area contributed by atoms with Crippen LogP contribution in [0.5, 0.6) is 0 Å². The van der Waals surface area contributed by atoms with E-state index in [-0.39, 0.29) is 23.5 Å². The smallest absolute Gasteiger partial charge is 0.244 e. The van der Waals surface area contributed by atoms with Crippen molar-refractivity contribution in [1.82, 2.24) is 8.87 Å². The van der Waals surface area contributed by atoms with E-state index in [9.17, 15) is 13.5 Å². The van der Waals surface area contributed by atoms with E-state index in [1.807, 2.05) is 34.6 Å². The maximum absolute atomic E-state index is 12.6. The lowest BCUT2D eigenvalue weighted by Crippen LogP contribution is -2.33. The highest BCUT2D eigenvalue weighted by Crippen LogP contribution is 2.22. The van der Waals surface area contributed by atoms with Crippen molar-refractivity contribution >= 4 is 10.0 Å². The fourth-order valence-corrected chi connectivity index (χ4v) is 3.86. The van der Waals surface area contributed by atoms with Gasteiger partial charge < -0.3 is 9.67 Å². The zero-order valence-electron chi connectivity index (χ0n) is 13.0. The molecule has 0 fully saturated rings. The van der Waals surface area contributed by atoms with E-state index in [1.54, 1.807) is 16.8 Å². The van der Waals surface area contributed by atoms with Crippen LogP contribution in [0.4, 0.5) is 0 Å². The molecule has 0 aliphatic rings. The lowest BCUT2D eigenvalue weighted by Gasteiger charge is -2.21. The molecule has 0 atom stereocenters. The highest BCUT2D eigenvalue weighted by molar-refractivity contribution is 7.89. The third kappa shape index (κ3) is 3.62. The Bertz CT molecular complexity index is 533. The topological polar surface area (TPSA) is 62.5 Å². The predicted molar refractivity (Wildman–Crippen MR) is 80.0 cm³/mol. The molecule has 0 spiro atoms. The summed E-state index contributed by atoms with van der Waals surface area (Å²) in [5, 5.41) is 9.36. The average molecular weight is 302 g/mol. The molecule has 1 rings (SSSR count). The number of hydrogen-bond acceptors (Lipinski definition) is 3. The Hall–Kier alpha value is -0.850. The Balaban J connectivity index is 3.21. The molecule has 1 N–H and O–H groups in total. The molecule has 20 heavy (non-hydrogen) atoms. The Morgan fingerprint density at radius 3 is 2.25 bits per heavy atom. The van der Waals surface area contributed by atoms with Crippen LogP contribution in [0.3, 0.4) is 0 Å². The van der Waals surface area contributed by atoms with Gasteiger partial charge in [0.2, 0.25) is 10.0 Å². The summed E-state index contributed by atoms with van der Waals surface area (Å²) in [6.07, 6.45) is 1.62. The third-order valence-corrected chi connectivity index (χ3v) is 5.09. The zero-order valence-corrected chi connectivity index (χ0v) is 13.8. The van der Waals surface area contributed by atoms with Crippen LogP contribution in [-0.4, -0.2) is 35.5 Å². The summed E-state index contributed by atoms with van der Waals surface area (Å²) in [7, 11) is -3.49. The van der Waals surface area contributed by atoms with Crippen molar-refractivity contribution in [3.05, 3.63) is 18.0 Å². The van der Waals surface area contributed by atoms with Crippen molar-refractivity contribution < 1.29 is 13.5 Å². The van der Waals surface area contributed by atoms with Crippen LogP contribution in [0, 0.1) is 5.92 Å². The molecule has 0 saturated carbocycles. The van der Waals surface area contributed by atoms with E-state index in [2.05, 4.69) is 0 Å². The Morgan fingerprint density at radius 1 is 1.30 bits per heavy atom. The van der Waals surface area contributed by atoms with Crippen LogP contribution in [0.15, 0.2) is 17.2 Å². The summed E-state index contributed by atoms with van der Waals surface area (Å²) in [5.41, 5.74) is 0.624. The largest absolute Gasteiger partial charge is 0.390 e. The quantitative estimate of drug-likeness (QED) is 0.840. The van der Waals surface area contributed by atoms with E-state index >= 15 is 0 Å². The molecule has 0 aliphatic heterocycles. The van der Waals surface area contributed by atoms with Gasteiger partial charge in [0.25, 0.3) is 0 Å². The molecular formula is C14H26N2O3S. The molecule has 0 aliphatic carbocycles. The third-order valence-electron chi connectivity index (χ3n) is 3.18. The van der Waals surface area contributed by atoms with Crippen molar-refractivity contribution in [1.29, 1.82) is 0 Å². The Kier molecular flexibility index (Phi) is 5.79. The first kappa shape index (κ1) is 17.2. The zero-order chi connectivity index (χ0) is 15.5. The fraction of sp³-hybridized carbons (Fsp3) is 0.714. The van der Waals surface area contributed by atoms with E-state index in [0.29, 0.717) is 18.8 Å². The molecule has 0 radical (unpaired) electrons. The van der Waals surface area contributed by atoms with E-state index in [0.717, 1.165) is 0 Å². The number of aliphatic hydroxyl groups excluding tert-OH is 1. The molecule has 0 amide bonds. The molecule has 1 aromatic heterocycles. The number of sulfonamides is 1. The first-order valence-electron chi connectivity index (χ1n) is 7.05. The van der Waals surface area contributed by atoms with Gasteiger partial charge in [-0.2, -0.15) is 4.31 Å². The van der Waals surface area contributed by atoms with E-state index < -0.39 is 10.0 Å². The fourth-order valence-electron chi connectivity index (χ4n) is 2.20. The Labute approximate surface area is 122 Å². The minimum absolute atomic E-state index is 0.112. The SMILES string of the molecule is CCN(CC(C)C)S(=O)(=O)c1cc(CO)n(C(C)C)c1. The summed E-state index contributed by atoms with van der Waals surface area (Å²) in [6, 6.07) is 1.68. The van der Waals surface area contributed by atoms with Gasteiger partial charge in [0.15, 0.2) is 0 Å². The van der Waals surface area contributed by atoms with Gasteiger partial charge in [-0.05, 0) is 25.8 Å². The molecule has 0 bridgehead atoms. The van der Waals surface area contributed by atoms with E-state index in [4.69, 9.17) is 0 Å². The van der Waals surface area contributed by atoms with Crippen molar-refractivity contribution in [2.24, 2.45) is 5.92 Å². The lowest BCUT2D eigenvalue weighted by atomic mass is 10.2. The minimum Gasteiger partial charge on any atom is -0.390 e. The van der Waals surface area contributed by atoms with Gasteiger partial charge in [-0.3, -0.25) is 0 Å². The Morgan fingerprint density at radius 2 is 1.90 bits per heavy atom. The van der Waals surface area contributed by atoms with Gasteiger partial charge in [-0.1, -0.05) is 20.8 Å². The van der Waals surface area contributed by atoms with Gasteiger partial charge in [-0.15, -0.1) is 0 Å². The summed E-state index contributed by atoms with van der Waals surface area (Å²) in [4.78, 5) is 0.262. The van der Waals surface area contributed by atoms with E-state index in [1.165, 1.54) is 4.31 Å². The van der Waals surface area contributed by atoms with Crippen LogP contribution in [-0.2, 0) is 16.6 Å². The van der Waals surface area contributed by atoms with Gasteiger partial charge in [0, 0.05) is 31.0 Å². The van der Waals surface area contributed by atoms with Crippen molar-refractivity contribution in [3.8, 4) is 0 Å². The molecule has 1 heterocycles. The normalized spacial score (nSPS) is 12.8. The van der Waals surface area contributed by atoms with Crippen LogP contribution >= 0.6 is 0 Å². The minimum atomic E-state index is -3.49. The summed E-state index contributed by atoms with van der Waals surface area (Å²) >= 11 is 0. The monoisotopic (exact) mass is 302 g/mol. The number of aliphatic hydroxyl groups is 1. The first-order valence-corrected chi connectivity index (χ1v) is 8.49. The summed E-state index contributed by atoms with van der Waals surface area (Å²) < 4.78 is 28.6. The van der Waals surface area contributed by atoms with Crippen molar-refractivity contribution in [3.63, 3.8) is 0 Å². The van der Waals surface area contributed by atoms with Crippen LogP contribution < -0.4 is 0 Å². The summed E-state index contributed by atoms with van der Waals surface area (Å²) in [5.74, 6) is 0.272. The maximum Gasteiger partial charge on any atom is 0.244 e. The number of rotatable bonds is 7. The second-order valence-corrected chi connectivity index (χ2v) is 7.61.